The minimum Gasteiger partial charge on any atom is -0.286 e. The van der Waals surface area contributed by atoms with Gasteiger partial charge in [0.05, 0.1) is 0 Å². The van der Waals surface area contributed by atoms with Crippen LogP contribution in [0.3, 0.4) is 0 Å². The van der Waals surface area contributed by atoms with Crippen molar-refractivity contribution in [1.29, 1.82) is 0 Å². The third kappa shape index (κ3) is 5.28. The molecule has 51 heavy (non-hydrogen) atoms. The van der Waals surface area contributed by atoms with Gasteiger partial charge >= 0.3 is 0 Å². The zero-order valence-electron chi connectivity index (χ0n) is 31.3. The molecule has 0 atom stereocenters. The summed E-state index contributed by atoms with van der Waals surface area (Å²) in [5.74, 6) is 4.12. The highest BCUT2D eigenvalue weighted by molar-refractivity contribution is 6.25. The molecule has 6 heterocycles. The molecular formula is C43H46N8. The van der Waals surface area contributed by atoms with Gasteiger partial charge in [-0.3, -0.25) is 9.13 Å². The fourth-order valence-corrected chi connectivity index (χ4v) is 6.94. The highest BCUT2D eigenvalue weighted by Gasteiger charge is 2.37. The Balaban J connectivity index is 0.000000527. The van der Waals surface area contributed by atoms with E-state index in [-0.39, 0.29) is 0 Å². The summed E-state index contributed by atoms with van der Waals surface area (Å²) in [5.41, 5.74) is 4.65. The molecule has 4 aromatic carbocycles. The summed E-state index contributed by atoms with van der Waals surface area (Å²) < 4.78 is 4.44. The summed E-state index contributed by atoms with van der Waals surface area (Å²) in [6.45, 7) is 20.4. The molecule has 8 heteroatoms. The number of rotatable bonds is 0. The molecule has 0 saturated heterocycles. The summed E-state index contributed by atoms with van der Waals surface area (Å²) in [4.78, 5) is 31.3. The van der Waals surface area contributed by atoms with E-state index in [1.807, 2.05) is 104 Å². The van der Waals surface area contributed by atoms with E-state index < -0.39 is 5.66 Å². The first-order valence-electron chi connectivity index (χ1n) is 18.3. The first kappa shape index (κ1) is 35.1. The molecule has 10 rings (SSSR count). The molecule has 8 nitrogen and oxygen atoms in total. The zero-order chi connectivity index (χ0) is 36.4. The predicted octanol–water partition coefficient (Wildman–Crippen LogP) is 9.89. The second-order valence-electron chi connectivity index (χ2n) is 11.6. The average molecular weight is 675 g/mol. The lowest BCUT2D eigenvalue weighted by molar-refractivity contribution is 0.283. The summed E-state index contributed by atoms with van der Waals surface area (Å²) in [6.07, 6.45) is 0. The highest BCUT2D eigenvalue weighted by Crippen LogP contribution is 2.44. The molecule has 4 aliphatic heterocycles. The second-order valence-corrected chi connectivity index (χ2v) is 11.6. The van der Waals surface area contributed by atoms with E-state index in [0.717, 1.165) is 66.4 Å². The normalized spacial score (nSPS) is 14.6. The van der Waals surface area contributed by atoms with Gasteiger partial charge in [-0.2, -0.15) is 0 Å². The number of fused-ring (bicyclic) bond motifs is 14. The minimum atomic E-state index is -0.748. The Morgan fingerprint density at radius 1 is 0.353 bits per heavy atom. The van der Waals surface area contributed by atoms with Gasteiger partial charge in [0.15, 0.2) is 23.3 Å². The van der Waals surface area contributed by atoms with Crippen LogP contribution in [0.4, 0.5) is 11.6 Å². The fraction of sp³-hybridized carbons (Fsp3) is 0.256. The third-order valence-corrected chi connectivity index (χ3v) is 8.85. The van der Waals surface area contributed by atoms with E-state index >= 15 is 0 Å². The van der Waals surface area contributed by atoms with Crippen molar-refractivity contribution in [2.24, 2.45) is 30.0 Å². The molecule has 0 amide bonds. The Morgan fingerprint density at radius 2 is 0.647 bits per heavy atom. The number of nitrogens with zero attached hydrogens (tertiary/aromatic N) is 8. The van der Waals surface area contributed by atoms with Crippen LogP contribution in [0, 0.1) is 0 Å². The van der Waals surface area contributed by atoms with Crippen LogP contribution in [0.5, 0.6) is 0 Å². The topological polar surface area (TPSA) is 84.0 Å². The Labute approximate surface area is 300 Å². The van der Waals surface area contributed by atoms with Crippen molar-refractivity contribution in [2.75, 3.05) is 0 Å². The molecule has 6 aromatic rings. The number of benzene rings is 4. The summed E-state index contributed by atoms with van der Waals surface area (Å²) in [5, 5.41) is 3.97. The van der Waals surface area contributed by atoms with E-state index in [1.165, 1.54) is 0 Å². The highest BCUT2D eigenvalue weighted by atomic mass is 15.4. The number of aliphatic imine (C=N–C) groups is 4. The van der Waals surface area contributed by atoms with Crippen molar-refractivity contribution < 1.29 is 0 Å². The summed E-state index contributed by atoms with van der Waals surface area (Å²) in [7, 11) is 0. The molecule has 0 aliphatic carbocycles. The van der Waals surface area contributed by atoms with Gasteiger partial charge in [-0.15, -0.1) is 0 Å². The molecule has 0 unspecified atom stereocenters. The van der Waals surface area contributed by atoms with E-state index in [9.17, 15) is 0 Å². The molecule has 0 spiro atoms. The average Bonchev–Trinajstić information content (AvgIpc) is 3.91. The Bertz CT molecular complexity index is 2370. The summed E-state index contributed by atoms with van der Waals surface area (Å²) in [6, 6.07) is 33.0. The number of amidine groups is 4. The first-order chi connectivity index (χ1) is 25.1. The van der Waals surface area contributed by atoms with Crippen molar-refractivity contribution in [3.8, 4) is 0 Å². The number of hydrogen-bond acceptors (Lipinski definition) is 6. The van der Waals surface area contributed by atoms with E-state index in [4.69, 9.17) is 30.0 Å². The monoisotopic (exact) mass is 674 g/mol. The molecule has 258 valence electrons. The second kappa shape index (κ2) is 14.2. The van der Waals surface area contributed by atoms with Crippen LogP contribution < -0.4 is 11.0 Å². The maximum Gasteiger partial charge on any atom is 0.164 e. The van der Waals surface area contributed by atoms with Gasteiger partial charge in [-0.25, -0.2) is 30.0 Å². The molecule has 0 fully saturated rings. The third-order valence-electron chi connectivity index (χ3n) is 8.85. The number of aromatic nitrogens is 2. The lowest BCUT2D eigenvalue weighted by atomic mass is 10.1. The predicted molar refractivity (Wildman–Crippen MR) is 215 cm³/mol. The Kier molecular flexibility index (Phi) is 9.79. The molecule has 6 bridgehead atoms. The van der Waals surface area contributed by atoms with E-state index in [0.29, 0.717) is 23.3 Å². The van der Waals surface area contributed by atoms with Crippen LogP contribution in [-0.2, 0) is 5.66 Å². The fourth-order valence-electron chi connectivity index (χ4n) is 6.94. The number of hydrogen-bond donors (Lipinski definition) is 0. The molecule has 0 saturated carbocycles. The minimum absolute atomic E-state index is 0.640. The largest absolute Gasteiger partial charge is 0.286 e. The van der Waals surface area contributed by atoms with E-state index in [1.54, 1.807) is 0 Å². The van der Waals surface area contributed by atoms with Gasteiger partial charge in [-0.05, 0) is 13.8 Å². The van der Waals surface area contributed by atoms with E-state index in [2.05, 4.69) is 71.5 Å². The molecule has 4 aliphatic rings. The standard InChI is InChI=1S/C35H22N8.4C2H6/c1-35(2)42-31-23-15-7-8-16-24(23)33(42)40-29-21-13-5-6-14-22(21)30(37-29)41-34-26-18-10-9-17-25(26)32(43(34)35)39-28-20-12-4-3-11-19(20)27(36-28)38-31;4*1-2/h3-18H,1-2H3;4*1-2H3. The van der Waals surface area contributed by atoms with Crippen molar-refractivity contribution >= 4 is 56.5 Å². The maximum atomic E-state index is 5.32. The Hall–Kier alpha value is -5.76. The zero-order valence-corrected chi connectivity index (χ0v) is 31.3. The van der Waals surface area contributed by atoms with Gasteiger partial charge in [0, 0.05) is 43.8 Å². The van der Waals surface area contributed by atoms with Gasteiger partial charge in [0.25, 0.3) is 0 Å². The van der Waals surface area contributed by atoms with Crippen molar-refractivity contribution in [1.82, 2.24) is 9.13 Å². The van der Waals surface area contributed by atoms with Crippen LogP contribution in [0.15, 0.2) is 127 Å². The van der Waals surface area contributed by atoms with Crippen LogP contribution in [0.2, 0.25) is 0 Å². The SMILES string of the molecule is CC.CC.CC.CC.CC1(C)n2c3c4ccccc4c2N=C2N=C(N=c4c5ccccc5c(n41)=NC1=NC(=N3)c3ccccc31)c1ccccc12. The molecule has 0 N–H and O–H groups in total. The van der Waals surface area contributed by atoms with Gasteiger partial charge in [0.1, 0.15) is 28.3 Å². The van der Waals surface area contributed by atoms with Gasteiger partial charge < -0.3 is 0 Å². The van der Waals surface area contributed by atoms with Crippen LogP contribution >= 0.6 is 0 Å². The van der Waals surface area contributed by atoms with Crippen molar-refractivity contribution in [3.63, 3.8) is 0 Å². The lowest BCUT2D eigenvalue weighted by Crippen LogP contribution is -2.47. The molecule has 2 aromatic heterocycles. The van der Waals surface area contributed by atoms with Crippen molar-refractivity contribution in [3.05, 3.63) is 130 Å². The first-order valence-corrected chi connectivity index (χ1v) is 18.3. The van der Waals surface area contributed by atoms with Crippen molar-refractivity contribution in [2.45, 2.75) is 74.9 Å². The van der Waals surface area contributed by atoms with Gasteiger partial charge in [0.2, 0.25) is 0 Å². The lowest BCUT2D eigenvalue weighted by Gasteiger charge is -2.32. The van der Waals surface area contributed by atoms with Crippen LogP contribution in [-0.4, -0.2) is 32.5 Å². The Morgan fingerprint density at radius 3 is 1.00 bits per heavy atom. The summed E-state index contributed by atoms with van der Waals surface area (Å²) >= 11 is 0. The maximum absolute atomic E-state index is 5.32. The van der Waals surface area contributed by atoms with Crippen LogP contribution in [0.1, 0.15) is 91.5 Å². The quantitative estimate of drug-likeness (QED) is 0.154. The smallest absolute Gasteiger partial charge is 0.164 e. The van der Waals surface area contributed by atoms with Crippen LogP contribution in [0.25, 0.3) is 21.5 Å². The van der Waals surface area contributed by atoms with Gasteiger partial charge in [-0.1, -0.05) is 152 Å². The molecular weight excluding hydrogens is 629 g/mol. The molecule has 0 radical (unpaired) electrons.